The van der Waals surface area contributed by atoms with E-state index in [2.05, 4.69) is 5.32 Å². The third-order valence-corrected chi connectivity index (χ3v) is 8.07. The highest BCUT2D eigenvalue weighted by molar-refractivity contribution is 6.34. The number of benzene rings is 3. The van der Waals surface area contributed by atoms with Crippen LogP contribution in [0.3, 0.4) is 0 Å². The molecule has 0 aliphatic carbocycles. The fraction of sp³-hybridized carbons (Fsp3) is 0.387. The molecule has 3 aromatic rings. The molecule has 0 saturated carbocycles. The fourth-order valence-electron chi connectivity index (χ4n) is 5.96. The zero-order valence-electron chi connectivity index (χ0n) is 22.9. The standard InChI is InChI=1S/C31H33ClF2N2O5/c1-17-12-20(13-18(2)40-17)36-16-31(19-6-4-3-5-7-19)15-22-25(41-31)14-23(33)28(32)26(22)27-21(30(35)38)8-9-24(29(27)34)39-11-10-37/h3-9,14,17-18,20,36-37H,10-13,15-16H2,1-2H3,(H2,35,38)/t17-,18+,20-,31-/m1/s1. The lowest BCUT2D eigenvalue weighted by molar-refractivity contribution is -0.0450. The summed E-state index contributed by atoms with van der Waals surface area (Å²) in [5.74, 6) is -2.73. The van der Waals surface area contributed by atoms with E-state index in [1.807, 2.05) is 44.2 Å². The van der Waals surface area contributed by atoms with Gasteiger partial charge in [0.05, 0.1) is 29.4 Å². The summed E-state index contributed by atoms with van der Waals surface area (Å²) in [7, 11) is 0. The summed E-state index contributed by atoms with van der Waals surface area (Å²) in [4.78, 5) is 12.4. The van der Waals surface area contributed by atoms with Crippen LogP contribution in [0.5, 0.6) is 11.5 Å². The van der Waals surface area contributed by atoms with Crippen molar-refractivity contribution in [1.29, 1.82) is 0 Å². The highest BCUT2D eigenvalue weighted by Crippen LogP contribution is 2.50. The van der Waals surface area contributed by atoms with Gasteiger partial charge in [-0.25, -0.2) is 8.78 Å². The number of ether oxygens (including phenoxy) is 3. The van der Waals surface area contributed by atoms with E-state index in [0.717, 1.165) is 18.4 Å². The summed E-state index contributed by atoms with van der Waals surface area (Å²) in [6.07, 6.45) is 2.05. The Hall–Kier alpha value is -3.24. The normalized spacial score (nSPS) is 23.6. The Balaban J connectivity index is 1.62. The van der Waals surface area contributed by atoms with Crippen LogP contribution in [0, 0.1) is 11.6 Å². The molecule has 0 unspecified atom stereocenters. The Kier molecular flexibility index (Phi) is 8.52. The van der Waals surface area contributed by atoms with Crippen LogP contribution in [0.4, 0.5) is 8.78 Å². The SMILES string of the molecule is C[C@@H]1C[C@@H](NC[C@@]2(c3ccccc3)Cc3c(cc(F)c(Cl)c3-c3c(C(N)=O)ccc(OCCO)c3F)O2)C[C@H](C)O1. The van der Waals surface area contributed by atoms with Crippen LogP contribution >= 0.6 is 11.6 Å². The minimum Gasteiger partial charge on any atom is -0.488 e. The number of hydrogen-bond donors (Lipinski definition) is 3. The van der Waals surface area contributed by atoms with Gasteiger partial charge in [0.15, 0.2) is 17.2 Å². The molecule has 4 atom stereocenters. The molecule has 2 heterocycles. The van der Waals surface area contributed by atoms with Crippen LogP contribution in [0.1, 0.15) is 48.2 Å². The van der Waals surface area contributed by atoms with Crippen molar-refractivity contribution >= 4 is 17.5 Å². The Morgan fingerprint density at radius 1 is 1.15 bits per heavy atom. The molecule has 0 aromatic heterocycles. The first-order chi connectivity index (χ1) is 19.6. The number of fused-ring (bicyclic) bond motifs is 1. The highest BCUT2D eigenvalue weighted by atomic mass is 35.5. The van der Waals surface area contributed by atoms with Crippen LogP contribution in [0.2, 0.25) is 5.02 Å². The second-order valence-corrected chi connectivity index (χ2v) is 11.1. The van der Waals surface area contributed by atoms with E-state index in [9.17, 15) is 9.90 Å². The van der Waals surface area contributed by atoms with Gasteiger partial charge in [-0.3, -0.25) is 4.79 Å². The van der Waals surface area contributed by atoms with E-state index in [1.165, 1.54) is 18.2 Å². The first-order valence-corrected chi connectivity index (χ1v) is 14.0. The molecular weight excluding hydrogens is 554 g/mol. The quantitative estimate of drug-likeness (QED) is 0.321. The molecule has 0 bridgehead atoms. The minimum absolute atomic E-state index is 0.0199. The molecule has 1 saturated heterocycles. The molecule has 4 N–H and O–H groups in total. The van der Waals surface area contributed by atoms with Crippen LogP contribution in [0.15, 0.2) is 48.5 Å². The third-order valence-electron chi connectivity index (χ3n) is 7.70. The Morgan fingerprint density at radius 2 is 1.85 bits per heavy atom. The summed E-state index contributed by atoms with van der Waals surface area (Å²) in [6, 6.07) is 13.4. The zero-order chi connectivity index (χ0) is 29.3. The predicted molar refractivity (Wildman–Crippen MR) is 151 cm³/mol. The van der Waals surface area contributed by atoms with Gasteiger partial charge in [-0.15, -0.1) is 0 Å². The van der Waals surface area contributed by atoms with Gasteiger partial charge in [0.25, 0.3) is 0 Å². The van der Waals surface area contributed by atoms with Crippen LogP contribution in [-0.4, -0.2) is 49.0 Å². The van der Waals surface area contributed by atoms with Crippen molar-refractivity contribution in [3.05, 3.63) is 81.9 Å². The van der Waals surface area contributed by atoms with Crippen molar-refractivity contribution in [2.75, 3.05) is 19.8 Å². The molecule has 2 aliphatic rings. The second-order valence-electron chi connectivity index (χ2n) is 10.7. The summed E-state index contributed by atoms with van der Waals surface area (Å²) in [5.41, 5.74) is 5.45. The summed E-state index contributed by atoms with van der Waals surface area (Å²) < 4.78 is 49.2. The average Bonchev–Trinajstić information content (AvgIpc) is 3.31. The van der Waals surface area contributed by atoms with Crippen molar-refractivity contribution in [3.63, 3.8) is 0 Å². The van der Waals surface area contributed by atoms with E-state index >= 15 is 8.78 Å². The molecule has 3 aromatic carbocycles. The van der Waals surface area contributed by atoms with Crippen LogP contribution in [0.25, 0.3) is 11.1 Å². The summed E-state index contributed by atoms with van der Waals surface area (Å²) in [5, 5.41) is 12.4. The van der Waals surface area contributed by atoms with E-state index in [4.69, 9.17) is 31.5 Å². The van der Waals surface area contributed by atoms with Crippen molar-refractivity contribution in [2.24, 2.45) is 5.73 Å². The lowest BCUT2D eigenvalue weighted by Gasteiger charge is -2.36. The number of aliphatic hydroxyl groups is 1. The number of rotatable bonds is 9. The molecule has 41 heavy (non-hydrogen) atoms. The molecule has 1 amide bonds. The predicted octanol–water partition coefficient (Wildman–Crippen LogP) is 5.13. The van der Waals surface area contributed by atoms with Crippen molar-refractivity contribution < 1.29 is 32.9 Å². The maximum Gasteiger partial charge on any atom is 0.249 e. The topological polar surface area (TPSA) is 103 Å². The minimum atomic E-state index is -0.978. The molecule has 218 valence electrons. The van der Waals surface area contributed by atoms with Crippen molar-refractivity contribution in [2.45, 2.75) is 57.0 Å². The Bertz CT molecular complexity index is 1430. The number of carbonyl (C=O) groups excluding carboxylic acids is 1. The summed E-state index contributed by atoms with van der Waals surface area (Å²) in [6.45, 7) is 3.92. The fourth-order valence-corrected chi connectivity index (χ4v) is 6.22. The molecular formula is C31H33ClF2N2O5. The van der Waals surface area contributed by atoms with Gasteiger partial charge in [-0.1, -0.05) is 41.9 Å². The van der Waals surface area contributed by atoms with E-state index in [1.54, 1.807) is 0 Å². The number of nitrogens with two attached hydrogens (primary N) is 1. The number of amides is 1. The lowest BCUT2D eigenvalue weighted by Crippen LogP contribution is -2.49. The van der Waals surface area contributed by atoms with Gasteiger partial charge >= 0.3 is 0 Å². The highest BCUT2D eigenvalue weighted by Gasteiger charge is 2.44. The van der Waals surface area contributed by atoms with Gasteiger partial charge < -0.3 is 30.4 Å². The van der Waals surface area contributed by atoms with E-state index in [0.29, 0.717) is 12.1 Å². The maximum atomic E-state index is 16.0. The average molecular weight is 587 g/mol. The number of nitrogens with one attached hydrogen (secondary N) is 1. The summed E-state index contributed by atoms with van der Waals surface area (Å²) >= 11 is 6.53. The number of aliphatic hydroxyl groups excluding tert-OH is 1. The second kappa shape index (κ2) is 11.9. The van der Waals surface area contributed by atoms with Gasteiger partial charge in [-0.05, 0) is 44.4 Å². The zero-order valence-corrected chi connectivity index (χ0v) is 23.6. The number of carbonyl (C=O) groups is 1. The number of hydrogen-bond acceptors (Lipinski definition) is 6. The van der Waals surface area contributed by atoms with Gasteiger partial charge in [0, 0.05) is 41.8 Å². The van der Waals surface area contributed by atoms with Crippen LogP contribution < -0.4 is 20.5 Å². The smallest absolute Gasteiger partial charge is 0.249 e. The molecule has 7 nitrogen and oxygen atoms in total. The molecule has 1 fully saturated rings. The monoisotopic (exact) mass is 586 g/mol. The lowest BCUT2D eigenvalue weighted by atomic mass is 9.84. The first-order valence-electron chi connectivity index (χ1n) is 13.6. The molecule has 10 heteroatoms. The first kappa shape index (κ1) is 29.3. The van der Waals surface area contributed by atoms with Crippen molar-refractivity contribution in [1.82, 2.24) is 5.32 Å². The molecule has 2 aliphatic heterocycles. The van der Waals surface area contributed by atoms with Crippen LogP contribution in [-0.2, 0) is 16.8 Å². The Labute approximate surface area is 242 Å². The molecule has 0 radical (unpaired) electrons. The van der Waals surface area contributed by atoms with Gasteiger partial charge in [0.2, 0.25) is 5.91 Å². The van der Waals surface area contributed by atoms with Gasteiger partial charge in [-0.2, -0.15) is 0 Å². The van der Waals surface area contributed by atoms with E-state index < -0.39 is 23.1 Å². The Morgan fingerprint density at radius 3 is 2.51 bits per heavy atom. The van der Waals surface area contributed by atoms with Gasteiger partial charge in [0.1, 0.15) is 18.2 Å². The molecule has 5 rings (SSSR count). The molecule has 0 spiro atoms. The number of primary amides is 1. The van der Waals surface area contributed by atoms with E-state index in [-0.39, 0.29) is 71.1 Å². The number of halogens is 3. The third kappa shape index (κ3) is 5.77. The van der Waals surface area contributed by atoms with Crippen molar-refractivity contribution in [3.8, 4) is 22.6 Å². The largest absolute Gasteiger partial charge is 0.488 e. The maximum absolute atomic E-state index is 16.0.